The van der Waals surface area contributed by atoms with E-state index in [1.54, 1.807) is 6.33 Å². The van der Waals surface area contributed by atoms with Gasteiger partial charge in [0.25, 0.3) is 0 Å². The van der Waals surface area contributed by atoms with Crippen LogP contribution in [0.5, 0.6) is 0 Å². The number of benzene rings is 1. The van der Waals surface area contributed by atoms with Gasteiger partial charge in [0.2, 0.25) is 16.1 Å². The number of hydrogen-bond acceptors (Lipinski definition) is 8. The average Bonchev–Trinajstić information content (AvgIpc) is 3.47. The number of alkyl halides is 3. The molecule has 8 nitrogen and oxygen atoms in total. The highest BCUT2D eigenvalue weighted by molar-refractivity contribution is 7.15. The minimum absolute atomic E-state index is 0.0363. The molecule has 0 spiro atoms. The zero-order valence-electron chi connectivity index (χ0n) is 21.5. The maximum atomic E-state index is 12.9. The van der Waals surface area contributed by atoms with Crippen LogP contribution < -0.4 is 9.80 Å². The van der Waals surface area contributed by atoms with Crippen LogP contribution in [0.1, 0.15) is 48.2 Å². The number of aromatic nitrogens is 6. The van der Waals surface area contributed by atoms with Crippen molar-refractivity contribution in [2.45, 2.75) is 45.7 Å². The Hall–Kier alpha value is -3.28. The number of rotatable bonds is 4. The standard InChI is InChI=1S/C25H29F3N8S/c1-15-6-7-17(24(2,3)4)12-16(15)13-18-19-20(29-14-34(19)5)31-22(30-18)35-8-10-36(11-9-35)23-33-32-21(37-23)25(26,27)28/h6-7,12,14H,8-11,13H2,1-5H3. The Labute approximate surface area is 217 Å². The largest absolute Gasteiger partial charge is 0.445 e. The Kier molecular flexibility index (Phi) is 6.33. The van der Waals surface area contributed by atoms with Gasteiger partial charge in [0.1, 0.15) is 5.52 Å². The summed E-state index contributed by atoms with van der Waals surface area (Å²) >= 11 is 0.572. The number of aryl methyl sites for hydroxylation is 2. The fourth-order valence-corrected chi connectivity index (χ4v) is 5.22. The molecule has 12 heteroatoms. The van der Waals surface area contributed by atoms with Crippen molar-refractivity contribution in [1.29, 1.82) is 0 Å². The van der Waals surface area contributed by atoms with Crippen molar-refractivity contribution >= 4 is 33.6 Å². The second-order valence-corrected chi connectivity index (χ2v) is 11.4. The Morgan fingerprint density at radius 3 is 2.32 bits per heavy atom. The molecule has 4 aromatic rings. The molecule has 0 unspecified atom stereocenters. The minimum atomic E-state index is -4.48. The van der Waals surface area contributed by atoms with Gasteiger partial charge in [0.15, 0.2) is 5.65 Å². The molecule has 0 bridgehead atoms. The van der Waals surface area contributed by atoms with E-state index < -0.39 is 11.2 Å². The number of imidazole rings is 1. The normalized spacial score (nSPS) is 15.1. The van der Waals surface area contributed by atoms with Crippen molar-refractivity contribution in [3.05, 3.63) is 51.9 Å². The van der Waals surface area contributed by atoms with Gasteiger partial charge in [-0.3, -0.25) is 0 Å². The van der Waals surface area contributed by atoms with E-state index in [1.807, 2.05) is 16.5 Å². The maximum Gasteiger partial charge on any atom is 0.445 e. The van der Waals surface area contributed by atoms with E-state index in [-0.39, 0.29) is 10.5 Å². The zero-order chi connectivity index (χ0) is 26.5. The molecule has 196 valence electrons. The highest BCUT2D eigenvalue weighted by Crippen LogP contribution is 2.35. The summed E-state index contributed by atoms with van der Waals surface area (Å²) in [5.41, 5.74) is 6.15. The summed E-state index contributed by atoms with van der Waals surface area (Å²) in [5.74, 6) is 0.582. The molecule has 0 saturated carbocycles. The Bertz CT molecular complexity index is 1430. The summed E-state index contributed by atoms with van der Waals surface area (Å²) in [6, 6.07) is 6.60. The van der Waals surface area contributed by atoms with Crippen LogP contribution in [0.15, 0.2) is 24.5 Å². The molecule has 4 heterocycles. The fraction of sp³-hybridized carbons (Fsp3) is 0.480. The lowest BCUT2D eigenvalue weighted by Crippen LogP contribution is -2.47. The first-order valence-electron chi connectivity index (χ1n) is 12.1. The van der Waals surface area contributed by atoms with Crippen molar-refractivity contribution in [2.75, 3.05) is 36.0 Å². The number of piperazine rings is 1. The molecule has 0 N–H and O–H groups in total. The summed E-state index contributed by atoms with van der Waals surface area (Å²) in [5, 5.41) is 6.42. The number of halogens is 3. The van der Waals surface area contributed by atoms with E-state index >= 15 is 0 Å². The van der Waals surface area contributed by atoms with E-state index in [0.29, 0.717) is 55.5 Å². The van der Waals surface area contributed by atoms with Gasteiger partial charge < -0.3 is 14.4 Å². The molecule has 0 radical (unpaired) electrons. The molecule has 0 atom stereocenters. The first-order chi connectivity index (χ1) is 17.4. The number of nitrogens with zero attached hydrogens (tertiary/aromatic N) is 8. The highest BCUT2D eigenvalue weighted by Gasteiger charge is 2.36. The molecule has 0 aliphatic carbocycles. The van der Waals surface area contributed by atoms with Crippen molar-refractivity contribution in [2.24, 2.45) is 7.05 Å². The predicted octanol–water partition coefficient (Wildman–Crippen LogP) is 4.76. The monoisotopic (exact) mass is 530 g/mol. The lowest BCUT2D eigenvalue weighted by Gasteiger charge is -2.34. The van der Waals surface area contributed by atoms with Crippen LogP contribution in [0.4, 0.5) is 24.3 Å². The third-order valence-corrected chi connectivity index (χ3v) is 7.72. The quantitative estimate of drug-likeness (QED) is 0.377. The Morgan fingerprint density at radius 1 is 0.973 bits per heavy atom. The molecule has 5 rings (SSSR count). The lowest BCUT2D eigenvalue weighted by molar-refractivity contribution is -0.138. The first-order valence-corrected chi connectivity index (χ1v) is 12.9. The van der Waals surface area contributed by atoms with Crippen LogP contribution in [0.25, 0.3) is 11.2 Å². The topological polar surface area (TPSA) is 75.9 Å². The van der Waals surface area contributed by atoms with E-state index in [4.69, 9.17) is 9.97 Å². The van der Waals surface area contributed by atoms with Crippen LogP contribution in [0.2, 0.25) is 0 Å². The molecule has 3 aromatic heterocycles. The van der Waals surface area contributed by atoms with Crippen molar-refractivity contribution in [3.63, 3.8) is 0 Å². The van der Waals surface area contributed by atoms with Crippen molar-refractivity contribution < 1.29 is 13.2 Å². The van der Waals surface area contributed by atoms with Crippen LogP contribution in [-0.4, -0.2) is 55.9 Å². The second kappa shape index (κ2) is 9.23. The summed E-state index contributed by atoms with van der Waals surface area (Å²) in [4.78, 5) is 18.1. The van der Waals surface area contributed by atoms with Gasteiger partial charge in [-0.1, -0.05) is 50.3 Å². The molecule has 1 fully saturated rings. The zero-order valence-corrected chi connectivity index (χ0v) is 22.3. The Balaban J connectivity index is 1.41. The minimum Gasteiger partial charge on any atom is -0.343 e. The van der Waals surface area contributed by atoms with E-state index in [2.05, 4.69) is 66.0 Å². The number of hydrogen-bond donors (Lipinski definition) is 0. The van der Waals surface area contributed by atoms with E-state index in [0.717, 1.165) is 11.2 Å². The molecule has 1 aliphatic heterocycles. The summed E-state index contributed by atoms with van der Waals surface area (Å²) in [7, 11) is 1.94. The third-order valence-electron chi connectivity index (χ3n) is 6.69. The van der Waals surface area contributed by atoms with Gasteiger partial charge in [-0.25, -0.2) is 9.97 Å². The second-order valence-electron chi connectivity index (χ2n) is 10.4. The number of anilines is 2. The molecular formula is C25H29F3N8S. The van der Waals surface area contributed by atoms with Crippen LogP contribution >= 0.6 is 11.3 Å². The lowest BCUT2D eigenvalue weighted by atomic mass is 9.84. The molecular weight excluding hydrogens is 501 g/mol. The maximum absolute atomic E-state index is 12.9. The third kappa shape index (κ3) is 5.11. The summed E-state index contributed by atoms with van der Waals surface area (Å²) in [6.45, 7) is 10.8. The molecule has 37 heavy (non-hydrogen) atoms. The van der Waals surface area contributed by atoms with Crippen LogP contribution in [-0.2, 0) is 25.1 Å². The fourth-order valence-electron chi connectivity index (χ4n) is 4.45. The van der Waals surface area contributed by atoms with Gasteiger partial charge in [0.05, 0.1) is 12.0 Å². The Morgan fingerprint density at radius 2 is 1.68 bits per heavy atom. The predicted molar refractivity (Wildman–Crippen MR) is 138 cm³/mol. The average molecular weight is 531 g/mol. The summed E-state index contributed by atoms with van der Waals surface area (Å²) < 4.78 is 40.8. The first kappa shape index (κ1) is 25.4. The van der Waals surface area contributed by atoms with Gasteiger partial charge in [0, 0.05) is 39.6 Å². The molecule has 1 aliphatic rings. The molecule has 1 aromatic carbocycles. The van der Waals surface area contributed by atoms with Crippen molar-refractivity contribution in [3.8, 4) is 0 Å². The van der Waals surface area contributed by atoms with E-state index in [9.17, 15) is 13.2 Å². The van der Waals surface area contributed by atoms with Crippen LogP contribution in [0, 0.1) is 6.92 Å². The highest BCUT2D eigenvalue weighted by atomic mass is 32.1. The smallest absolute Gasteiger partial charge is 0.343 e. The van der Waals surface area contributed by atoms with Gasteiger partial charge in [-0.2, -0.15) is 18.2 Å². The van der Waals surface area contributed by atoms with Gasteiger partial charge >= 0.3 is 6.18 Å². The van der Waals surface area contributed by atoms with Gasteiger partial charge in [-0.15, -0.1) is 10.2 Å². The molecule has 0 amide bonds. The summed E-state index contributed by atoms with van der Waals surface area (Å²) in [6.07, 6.45) is -2.09. The van der Waals surface area contributed by atoms with Gasteiger partial charge in [-0.05, 0) is 29.0 Å². The SMILES string of the molecule is Cc1ccc(C(C)(C)C)cc1Cc1nc(N2CCN(c3nnc(C(F)(F)F)s3)CC2)nc2ncn(C)c12. The number of fused-ring (bicyclic) bond motifs is 1. The van der Waals surface area contributed by atoms with Crippen LogP contribution in [0.3, 0.4) is 0 Å². The van der Waals surface area contributed by atoms with E-state index in [1.165, 1.54) is 16.7 Å². The molecule has 1 saturated heterocycles. The van der Waals surface area contributed by atoms with Crippen molar-refractivity contribution in [1.82, 2.24) is 29.7 Å².